The number of thiazole rings is 1. The van der Waals surface area contributed by atoms with Crippen LogP contribution in [0.5, 0.6) is 11.5 Å². The molecule has 3 rings (SSSR count). The third-order valence-corrected chi connectivity index (χ3v) is 5.40. The molecule has 0 saturated heterocycles. The summed E-state index contributed by atoms with van der Waals surface area (Å²) >= 11 is 19.9. The van der Waals surface area contributed by atoms with E-state index in [0.29, 0.717) is 39.7 Å². The van der Waals surface area contributed by atoms with E-state index in [0.717, 1.165) is 16.3 Å². The first-order chi connectivity index (χ1) is 12.6. The van der Waals surface area contributed by atoms with Gasteiger partial charge in [-0.3, -0.25) is 0 Å². The lowest BCUT2D eigenvalue weighted by atomic mass is 10.2. The van der Waals surface area contributed by atoms with Crippen LogP contribution in [0.4, 0.5) is 5.13 Å². The number of benzene rings is 2. The molecule has 0 atom stereocenters. The van der Waals surface area contributed by atoms with Crippen LogP contribution in [-0.2, 0) is 13.2 Å². The standard InChI is InChI=1S/C18H15Cl3N2O2S/c1-24-16-7-12(9-23-18-22-4-5-26-18)14(20)8-17(16)25-10-11-2-3-13(19)15(21)6-11/h2-8H,9-10H2,1H3,(H,22,23). The SMILES string of the molecule is COc1cc(CNc2nccs2)c(Cl)cc1OCc1ccc(Cl)c(Cl)c1. The van der Waals surface area contributed by atoms with Crippen LogP contribution in [0, 0.1) is 0 Å². The van der Waals surface area contributed by atoms with E-state index in [9.17, 15) is 0 Å². The molecule has 26 heavy (non-hydrogen) atoms. The molecule has 0 amide bonds. The van der Waals surface area contributed by atoms with Gasteiger partial charge in [-0.15, -0.1) is 11.3 Å². The molecule has 1 aromatic heterocycles. The van der Waals surface area contributed by atoms with Crippen molar-refractivity contribution < 1.29 is 9.47 Å². The van der Waals surface area contributed by atoms with Gasteiger partial charge in [0.05, 0.1) is 17.2 Å². The van der Waals surface area contributed by atoms with Gasteiger partial charge in [-0.1, -0.05) is 40.9 Å². The van der Waals surface area contributed by atoms with Crippen molar-refractivity contribution >= 4 is 51.3 Å². The minimum atomic E-state index is 0.320. The number of hydrogen-bond donors (Lipinski definition) is 1. The number of methoxy groups -OCH3 is 1. The summed E-state index contributed by atoms with van der Waals surface area (Å²) in [4.78, 5) is 4.19. The molecule has 0 aliphatic heterocycles. The lowest BCUT2D eigenvalue weighted by Gasteiger charge is -2.14. The summed E-state index contributed by atoms with van der Waals surface area (Å²) in [5, 5.41) is 7.54. The largest absolute Gasteiger partial charge is 0.493 e. The summed E-state index contributed by atoms with van der Waals surface area (Å²) in [6.07, 6.45) is 1.75. The van der Waals surface area contributed by atoms with Gasteiger partial charge >= 0.3 is 0 Å². The molecule has 0 aliphatic rings. The van der Waals surface area contributed by atoms with E-state index < -0.39 is 0 Å². The summed E-state index contributed by atoms with van der Waals surface area (Å²) in [6.45, 7) is 0.857. The van der Waals surface area contributed by atoms with Gasteiger partial charge in [0.2, 0.25) is 0 Å². The van der Waals surface area contributed by atoms with Crippen LogP contribution in [0.2, 0.25) is 15.1 Å². The van der Waals surface area contributed by atoms with Crippen LogP contribution in [0.1, 0.15) is 11.1 Å². The normalized spacial score (nSPS) is 10.6. The van der Waals surface area contributed by atoms with Gasteiger partial charge in [0.15, 0.2) is 16.6 Å². The third-order valence-electron chi connectivity index (χ3n) is 3.57. The van der Waals surface area contributed by atoms with Crippen LogP contribution < -0.4 is 14.8 Å². The van der Waals surface area contributed by atoms with Crippen LogP contribution in [0.3, 0.4) is 0 Å². The predicted molar refractivity (Wildman–Crippen MR) is 108 cm³/mol. The maximum atomic E-state index is 6.40. The molecule has 0 bridgehead atoms. The minimum Gasteiger partial charge on any atom is -0.493 e. The second-order valence-corrected chi connectivity index (χ2v) is 7.44. The van der Waals surface area contributed by atoms with Gasteiger partial charge in [0, 0.05) is 29.2 Å². The Kier molecular flexibility index (Phi) is 6.48. The van der Waals surface area contributed by atoms with Gasteiger partial charge in [0.1, 0.15) is 6.61 Å². The van der Waals surface area contributed by atoms with E-state index in [1.807, 2.05) is 17.5 Å². The number of nitrogens with one attached hydrogen (secondary N) is 1. The fourth-order valence-electron chi connectivity index (χ4n) is 2.26. The average molecular weight is 430 g/mol. The molecule has 4 nitrogen and oxygen atoms in total. The smallest absolute Gasteiger partial charge is 0.182 e. The molecule has 2 aromatic carbocycles. The highest BCUT2D eigenvalue weighted by Crippen LogP contribution is 2.34. The highest BCUT2D eigenvalue weighted by molar-refractivity contribution is 7.13. The van der Waals surface area contributed by atoms with Gasteiger partial charge in [-0.25, -0.2) is 4.98 Å². The zero-order valence-electron chi connectivity index (χ0n) is 13.8. The maximum absolute atomic E-state index is 6.40. The molecule has 0 spiro atoms. The zero-order chi connectivity index (χ0) is 18.5. The summed E-state index contributed by atoms with van der Waals surface area (Å²) in [5.41, 5.74) is 1.78. The van der Waals surface area contributed by atoms with Gasteiger partial charge in [-0.05, 0) is 29.3 Å². The molecule has 0 radical (unpaired) electrons. The Morgan fingerprint density at radius 3 is 2.58 bits per heavy atom. The van der Waals surface area contributed by atoms with Crippen LogP contribution in [-0.4, -0.2) is 12.1 Å². The zero-order valence-corrected chi connectivity index (χ0v) is 16.8. The van der Waals surface area contributed by atoms with Crippen molar-refractivity contribution in [2.75, 3.05) is 12.4 Å². The topological polar surface area (TPSA) is 43.4 Å². The molecule has 0 aliphatic carbocycles. The molecular formula is C18H15Cl3N2O2S. The second kappa shape index (κ2) is 8.82. The number of hydrogen-bond acceptors (Lipinski definition) is 5. The van der Waals surface area contributed by atoms with Crippen LogP contribution in [0.15, 0.2) is 41.9 Å². The second-order valence-electron chi connectivity index (χ2n) is 5.32. The first-order valence-corrected chi connectivity index (χ1v) is 9.64. The Balaban J connectivity index is 1.72. The molecular weight excluding hydrogens is 415 g/mol. The molecule has 1 heterocycles. The fourth-order valence-corrected chi connectivity index (χ4v) is 3.33. The Labute approximate surface area is 170 Å². The lowest BCUT2D eigenvalue weighted by molar-refractivity contribution is 0.284. The quantitative estimate of drug-likeness (QED) is 0.478. The Bertz CT molecular complexity index is 888. The Hall–Kier alpha value is -1.66. The average Bonchev–Trinajstić information content (AvgIpc) is 3.15. The van der Waals surface area contributed by atoms with Crippen molar-refractivity contribution in [3.05, 3.63) is 68.1 Å². The van der Waals surface area contributed by atoms with Gasteiger partial charge in [-0.2, -0.15) is 0 Å². The highest BCUT2D eigenvalue weighted by atomic mass is 35.5. The van der Waals surface area contributed by atoms with E-state index in [4.69, 9.17) is 44.3 Å². The molecule has 1 N–H and O–H groups in total. The Morgan fingerprint density at radius 2 is 1.88 bits per heavy atom. The summed E-state index contributed by atoms with van der Waals surface area (Å²) < 4.78 is 11.3. The summed E-state index contributed by atoms with van der Waals surface area (Å²) in [6, 6.07) is 8.96. The molecule has 8 heteroatoms. The molecule has 0 fully saturated rings. The molecule has 0 saturated carbocycles. The van der Waals surface area contributed by atoms with E-state index >= 15 is 0 Å². The van der Waals surface area contributed by atoms with E-state index in [2.05, 4.69) is 10.3 Å². The number of ether oxygens (including phenoxy) is 2. The minimum absolute atomic E-state index is 0.320. The number of rotatable bonds is 7. The van der Waals surface area contributed by atoms with Crippen molar-refractivity contribution in [1.82, 2.24) is 4.98 Å². The first-order valence-electron chi connectivity index (χ1n) is 7.63. The number of anilines is 1. The Morgan fingerprint density at radius 1 is 1.04 bits per heavy atom. The van der Waals surface area contributed by atoms with Crippen molar-refractivity contribution in [1.29, 1.82) is 0 Å². The van der Waals surface area contributed by atoms with Gasteiger partial charge in [0.25, 0.3) is 0 Å². The van der Waals surface area contributed by atoms with Crippen LogP contribution in [0.25, 0.3) is 0 Å². The third kappa shape index (κ3) is 4.74. The van der Waals surface area contributed by atoms with E-state index in [-0.39, 0.29) is 0 Å². The summed E-state index contributed by atoms with van der Waals surface area (Å²) in [7, 11) is 1.59. The monoisotopic (exact) mass is 428 g/mol. The number of aromatic nitrogens is 1. The van der Waals surface area contributed by atoms with E-state index in [1.165, 1.54) is 11.3 Å². The van der Waals surface area contributed by atoms with Crippen molar-refractivity contribution in [3.63, 3.8) is 0 Å². The highest BCUT2D eigenvalue weighted by Gasteiger charge is 2.12. The predicted octanol–water partition coefficient (Wildman–Crippen LogP) is 6.30. The maximum Gasteiger partial charge on any atom is 0.182 e. The fraction of sp³-hybridized carbons (Fsp3) is 0.167. The summed E-state index contributed by atoms with van der Waals surface area (Å²) in [5.74, 6) is 1.16. The number of halogens is 3. The van der Waals surface area contributed by atoms with Crippen molar-refractivity contribution in [2.24, 2.45) is 0 Å². The van der Waals surface area contributed by atoms with Crippen molar-refractivity contribution in [3.8, 4) is 11.5 Å². The number of nitrogens with zero attached hydrogens (tertiary/aromatic N) is 1. The van der Waals surface area contributed by atoms with Crippen LogP contribution >= 0.6 is 46.1 Å². The lowest BCUT2D eigenvalue weighted by Crippen LogP contribution is -2.02. The first kappa shape index (κ1) is 19.1. The molecule has 0 unspecified atom stereocenters. The van der Waals surface area contributed by atoms with E-state index in [1.54, 1.807) is 31.5 Å². The van der Waals surface area contributed by atoms with Crippen molar-refractivity contribution in [2.45, 2.75) is 13.2 Å². The molecule has 3 aromatic rings. The van der Waals surface area contributed by atoms with Gasteiger partial charge < -0.3 is 14.8 Å². The molecule has 136 valence electrons.